The van der Waals surface area contributed by atoms with Crippen molar-refractivity contribution in [2.75, 3.05) is 5.32 Å². The van der Waals surface area contributed by atoms with Crippen molar-refractivity contribution in [2.45, 2.75) is 26.8 Å². The second-order valence-corrected chi connectivity index (χ2v) is 4.81. The number of anilines is 1. The number of aryl methyl sites for hydroxylation is 2. The van der Waals surface area contributed by atoms with E-state index in [1.165, 1.54) is 11.1 Å². The second-order valence-electron chi connectivity index (χ2n) is 4.81. The lowest BCUT2D eigenvalue weighted by atomic mass is 10.0. The highest BCUT2D eigenvalue weighted by molar-refractivity contribution is 5.89. The van der Waals surface area contributed by atoms with Crippen LogP contribution in [0.3, 0.4) is 0 Å². The highest BCUT2D eigenvalue weighted by Gasteiger charge is 2.07. The summed E-state index contributed by atoms with van der Waals surface area (Å²) in [7, 11) is 0. The van der Waals surface area contributed by atoms with Gasteiger partial charge in [-0.3, -0.25) is 0 Å². The number of aromatic carboxylic acids is 1. The minimum absolute atomic E-state index is 0.351. The zero-order valence-electron chi connectivity index (χ0n) is 11.8. The average molecular weight is 269 g/mol. The predicted octanol–water partition coefficient (Wildman–Crippen LogP) is 3.87. The summed E-state index contributed by atoms with van der Waals surface area (Å²) in [5.74, 6) is -0.884. The summed E-state index contributed by atoms with van der Waals surface area (Å²) in [5, 5.41) is 12.4. The van der Waals surface area contributed by atoms with Crippen LogP contribution in [0.5, 0.6) is 0 Å². The molecule has 2 aromatic rings. The standard InChI is InChI=1S/C17H19NO2/c1-3-13-6-4-5-7-14(13)11-18-15-8-9-16(17(19)20)12(2)10-15/h4-10,18H,3,11H2,1-2H3,(H,19,20). The van der Waals surface area contributed by atoms with Crippen LogP contribution in [0.25, 0.3) is 0 Å². The summed E-state index contributed by atoms with van der Waals surface area (Å²) < 4.78 is 0. The topological polar surface area (TPSA) is 49.3 Å². The Kier molecular flexibility index (Phi) is 4.41. The summed E-state index contributed by atoms with van der Waals surface area (Å²) in [6.45, 7) is 4.70. The Morgan fingerprint density at radius 3 is 2.45 bits per heavy atom. The normalized spacial score (nSPS) is 10.3. The van der Waals surface area contributed by atoms with Crippen LogP contribution < -0.4 is 5.32 Å². The lowest BCUT2D eigenvalue weighted by Crippen LogP contribution is -2.04. The van der Waals surface area contributed by atoms with E-state index in [1.54, 1.807) is 6.07 Å². The van der Waals surface area contributed by atoms with E-state index in [9.17, 15) is 4.79 Å². The zero-order chi connectivity index (χ0) is 14.5. The van der Waals surface area contributed by atoms with Crippen molar-refractivity contribution in [1.29, 1.82) is 0 Å². The monoisotopic (exact) mass is 269 g/mol. The number of benzene rings is 2. The fourth-order valence-electron chi connectivity index (χ4n) is 2.29. The number of hydrogen-bond donors (Lipinski definition) is 2. The number of nitrogens with one attached hydrogen (secondary N) is 1. The molecule has 20 heavy (non-hydrogen) atoms. The van der Waals surface area contributed by atoms with Crippen LogP contribution in [-0.4, -0.2) is 11.1 Å². The van der Waals surface area contributed by atoms with E-state index in [2.05, 4.69) is 24.4 Å². The molecule has 3 nitrogen and oxygen atoms in total. The Bertz CT molecular complexity index is 620. The predicted molar refractivity (Wildman–Crippen MR) is 81.3 cm³/mol. The van der Waals surface area contributed by atoms with E-state index in [0.29, 0.717) is 5.56 Å². The Morgan fingerprint density at radius 2 is 1.85 bits per heavy atom. The quantitative estimate of drug-likeness (QED) is 0.866. The summed E-state index contributed by atoms with van der Waals surface area (Å²) >= 11 is 0. The molecule has 104 valence electrons. The van der Waals surface area contributed by atoms with Gasteiger partial charge in [-0.15, -0.1) is 0 Å². The van der Waals surface area contributed by atoms with Crippen LogP contribution >= 0.6 is 0 Å². The second kappa shape index (κ2) is 6.24. The molecule has 0 fully saturated rings. The van der Waals surface area contributed by atoms with Crippen LogP contribution in [0.1, 0.15) is 34.0 Å². The van der Waals surface area contributed by atoms with Gasteiger partial charge < -0.3 is 10.4 Å². The van der Waals surface area contributed by atoms with E-state index in [0.717, 1.165) is 24.2 Å². The minimum Gasteiger partial charge on any atom is -0.478 e. The van der Waals surface area contributed by atoms with E-state index in [4.69, 9.17) is 5.11 Å². The van der Waals surface area contributed by atoms with Gasteiger partial charge in [-0.1, -0.05) is 31.2 Å². The molecule has 0 atom stereocenters. The van der Waals surface area contributed by atoms with Gasteiger partial charge in [0.05, 0.1) is 5.56 Å². The number of carboxylic acids is 1. The molecule has 2 aromatic carbocycles. The molecule has 0 aliphatic carbocycles. The van der Waals surface area contributed by atoms with Crippen molar-refractivity contribution in [2.24, 2.45) is 0 Å². The fourth-order valence-corrected chi connectivity index (χ4v) is 2.29. The van der Waals surface area contributed by atoms with Gasteiger partial charge in [0.1, 0.15) is 0 Å². The van der Waals surface area contributed by atoms with Crippen molar-refractivity contribution in [1.82, 2.24) is 0 Å². The van der Waals surface area contributed by atoms with Crippen molar-refractivity contribution in [3.8, 4) is 0 Å². The van der Waals surface area contributed by atoms with E-state index < -0.39 is 5.97 Å². The van der Waals surface area contributed by atoms with Gasteiger partial charge in [0.15, 0.2) is 0 Å². The molecule has 0 heterocycles. The van der Waals surface area contributed by atoms with Crippen molar-refractivity contribution < 1.29 is 9.90 Å². The van der Waals surface area contributed by atoms with Gasteiger partial charge in [-0.05, 0) is 48.2 Å². The first-order valence-corrected chi connectivity index (χ1v) is 6.76. The number of hydrogen-bond acceptors (Lipinski definition) is 2. The fraction of sp³-hybridized carbons (Fsp3) is 0.235. The first kappa shape index (κ1) is 14.1. The Balaban J connectivity index is 2.11. The van der Waals surface area contributed by atoms with Crippen molar-refractivity contribution in [3.05, 3.63) is 64.7 Å². The highest BCUT2D eigenvalue weighted by Crippen LogP contribution is 2.17. The lowest BCUT2D eigenvalue weighted by Gasteiger charge is -2.11. The maximum Gasteiger partial charge on any atom is 0.335 e. The Hall–Kier alpha value is -2.29. The average Bonchev–Trinajstić information content (AvgIpc) is 2.45. The zero-order valence-corrected chi connectivity index (χ0v) is 11.8. The molecule has 0 saturated carbocycles. The SMILES string of the molecule is CCc1ccccc1CNc1ccc(C(=O)O)c(C)c1. The van der Waals surface area contributed by atoms with Crippen LogP contribution in [0.4, 0.5) is 5.69 Å². The van der Waals surface area contributed by atoms with E-state index in [-0.39, 0.29) is 0 Å². The number of rotatable bonds is 5. The van der Waals surface area contributed by atoms with Crippen LogP contribution in [-0.2, 0) is 13.0 Å². The first-order chi connectivity index (χ1) is 9.61. The molecule has 0 aromatic heterocycles. The van der Waals surface area contributed by atoms with Crippen LogP contribution in [0.2, 0.25) is 0 Å². The molecule has 0 bridgehead atoms. The third-order valence-electron chi connectivity index (χ3n) is 3.44. The lowest BCUT2D eigenvalue weighted by molar-refractivity contribution is 0.0696. The molecular weight excluding hydrogens is 250 g/mol. The molecular formula is C17H19NO2. The minimum atomic E-state index is -0.884. The van der Waals surface area contributed by atoms with Gasteiger partial charge >= 0.3 is 5.97 Å². The van der Waals surface area contributed by atoms with E-state index in [1.807, 2.05) is 31.2 Å². The van der Waals surface area contributed by atoms with Gasteiger partial charge in [0, 0.05) is 12.2 Å². The van der Waals surface area contributed by atoms with Gasteiger partial charge in [0.2, 0.25) is 0 Å². The van der Waals surface area contributed by atoms with Gasteiger partial charge in [-0.2, -0.15) is 0 Å². The molecule has 0 aliphatic heterocycles. The third kappa shape index (κ3) is 3.18. The molecule has 0 saturated heterocycles. The first-order valence-electron chi connectivity index (χ1n) is 6.76. The smallest absolute Gasteiger partial charge is 0.335 e. The summed E-state index contributed by atoms with van der Waals surface area (Å²) in [5.41, 5.74) is 4.67. The number of carbonyl (C=O) groups is 1. The maximum absolute atomic E-state index is 11.0. The Labute approximate surface area is 119 Å². The molecule has 0 unspecified atom stereocenters. The summed E-state index contributed by atoms with van der Waals surface area (Å²) in [6.07, 6.45) is 1.01. The third-order valence-corrected chi connectivity index (χ3v) is 3.44. The molecule has 0 radical (unpaired) electrons. The number of carboxylic acid groups (broad SMARTS) is 1. The van der Waals surface area contributed by atoms with Gasteiger partial charge in [0.25, 0.3) is 0 Å². The van der Waals surface area contributed by atoms with Crippen molar-refractivity contribution >= 4 is 11.7 Å². The summed E-state index contributed by atoms with van der Waals surface area (Å²) in [6, 6.07) is 13.7. The van der Waals surface area contributed by atoms with Crippen LogP contribution in [0.15, 0.2) is 42.5 Å². The van der Waals surface area contributed by atoms with Crippen LogP contribution in [0, 0.1) is 6.92 Å². The largest absolute Gasteiger partial charge is 0.478 e. The maximum atomic E-state index is 11.0. The van der Waals surface area contributed by atoms with Gasteiger partial charge in [-0.25, -0.2) is 4.79 Å². The Morgan fingerprint density at radius 1 is 1.15 bits per heavy atom. The highest BCUT2D eigenvalue weighted by atomic mass is 16.4. The molecule has 2 rings (SSSR count). The molecule has 0 aliphatic rings. The molecule has 2 N–H and O–H groups in total. The summed E-state index contributed by atoms with van der Waals surface area (Å²) in [4.78, 5) is 11.0. The molecule has 0 spiro atoms. The van der Waals surface area contributed by atoms with Crippen molar-refractivity contribution in [3.63, 3.8) is 0 Å². The van der Waals surface area contributed by atoms with E-state index >= 15 is 0 Å². The molecule has 3 heteroatoms. The molecule has 0 amide bonds.